The first-order chi connectivity index (χ1) is 8.75. The zero-order valence-corrected chi connectivity index (χ0v) is 10.3. The number of benzene rings is 2. The quantitative estimate of drug-likeness (QED) is 0.806. The van der Waals surface area contributed by atoms with Crippen LogP contribution in [0.3, 0.4) is 0 Å². The third-order valence-corrected chi connectivity index (χ3v) is 2.65. The van der Waals surface area contributed by atoms with E-state index in [1.165, 1.54) is 5.56 Å². The molecule has 0 heterocycles. The number of rotatable bonds is 4. The molecule has 0 fully saturated rings. The molecular formula is C15H16N2O. The van der Waals surface area contributed by atoms with Crippen LogP contribution in [0.25, 0.3) is 0 Å². The van der Waals surface area contributed by atoms with E-state index in [9.17, 15) is 4.79 Å². The van der Waals surface area contributed by atoms with E-state index in [-0.39, 0.29) is 5.91 Å². The van der Waals surface area contributed by atoms with Crippen molar-refractivity contribution in [2.75, 3.05) is 0 Å². The lowest BCUT2D eigenvalue weighted by Crippen LogP contribution is -2.36. The average molecular weight is 240 g/mol. The SMILES string of the molecule is Cc1ccc(CNNC(=O)c2ccccc2)cc1. The highest BCUT2D eigenvalue weighted by Gasteiger charge is 2.02. The molecule has 0 saturated heterocycles. The minimum absolute atomic E-state index is 0.122. The lowest BCUT2D eigenvalue weighted by Gasteiger charge is -2.07. The van der Waals surface area contributed by atoms with Crippen LogP contribution in [0.4, 0.5) is 0 Å². The van der Waals surface area contributed by atoms with E-state index in [0.717, 1.165) is 5.56 Å². The maximum absolute atomic E-state index is 11.7. The lowest BCUT2D eigenvalue weighted by molar-refractivity contribution is 0.0932. The molecule has 3 heteroatoms. The second-order valence-corrected chi connectivity index (χ2v) is 4.16. The summed E-state index contributed by atoms with van der Waals surface area (Å²) in [4.78, 5) is 11.7. The van der Waals surface area contributed by atoms with Crippen molar-refractivity contribution in [1.82, 2.24) is 10.9 Å². The van der Waals surface area contributed by atoms with Gasteiger partial charge in [0.05, 0.1) is 0 Å². The molecule has 0 bridgehead atoms. The van der Waals surface area contributed by atoms with Gasteiger partial charge in [0.15, 0.2) is 0 Å². The number of aryl methyl sites for hydroxylation is 1. The summed E-state index contributed by atoms with van der Waals surface area (Å²) in [6.45, 7) is 2.66. The highest BCUT2D eigenvalue weighted by molar-refractivity contribution is 5.93. The van der Waals surface area contributed by atoms with Crippen LogP contribution >= 0.6 is 0 Å². The highest BCUT2D eigenvalue weighted by Crippen LogP contribution is 2.02. The summed E-state index contributed by atoms with van der Waals surface area (Å²) in [7, 11) is 0. The Morgan fingerprint density at radius 1 is 1.00 bits per heavy atom. The normalized spacial score (nSPS) is 10.1. The molecule has 1 amide bonds. The number of hydrogen-bond acceptors (Lipinski definition) is 2. The monoisotopic (exact) mass is 240 g/mol. The van der Waals surface area contributed by atoms with Crippen LogP contribution in [0.5, 0.6) is 0 Å². The Morgan fingerprint density at radius 2 is 1.67 bits per heavy atom. The Labute approximate surface area is 107 Å². The number of hydrogen-bond donors (Lipinski definition) is 2. The number of nitrogens with one attached hydrogen (secondary N) is 2. The van der Waals surface area contributed by atoms with Gasteiger partial charge >= 0.3 is 0 Å². The molecule has 18 heavy (non-hydrogen) atoms. The van der Waals surface area contributed by atoms with Crippen molar-refractivity contribution in [2.24, 2.45) is 0 Å². The molecule has 3 nitrogen and oxygen atoms in total. The molecule has 0 saturated carbocycles. The molecule has 2 N–H and O–H groups in total. The maximum Gasteiger partial charge on any atom is 0.265 e. The van der Waals surface area contributed by atoms with Crippen molar-refractivity contribution < 1.29 is 4.79 Å². The van der Waals surface area contributed by atoms with Gasteiger partial charge in [-0.25, -0.2) is 5.43 Å². The zero-order chi connectivity index (χ0) is 12.8. The van der Waals surface area contributed by atoms with Crippen LogP contribution in [0.1, 0.15) is 21.5 Å². The standard InChI is InChI=1S/C15H16N2O/c1-12-7-9-13(10-8-12)11-16-17-15(18)14-5-3-2-4-6-14/h2-10,16H,11H2,1H3,(H,17,18). The fourth-order valence-electron chi connectivity index (χ4n) is 1.59. The van der Waals surface area contributed by atoms with Crippen LogP contribution in [-0.4, -0.2) is 5.91 Å². The minimum atomic E-state index is -0.122. The van der Waals surface area contributed by atoms with Crippen molar-refractivity contribution in [3.63, 3.8) is 0 Å². The molecule has 0 aromatic heterocycles. The van der Waals surface area contributed by atoms with Crippen molar-refractivity contribution in [3.8, 4) is 0 Å². The van der Waals surface area contributed by atoms with Gasteiger partial charge in [0.25, 0.3) is 5.91 Å². The highest BCUT2D eigenvalue weighted by atomic mass is 16.2. The summed E-state index contributed by atoms with van der Waals surface area (Å²) < 4.78 is 0. The van der Waals surface area contributed by atoms with E-state index in [1.54, 1.807) is 12.1 Å². The molecule has 0 radical (unpaired) electrons. The topological polar surface area (TPSA) is 41.1 Å². The van der Waals surface area contributed by atoms with Crippen LogP contribution in [0.15, 0.2) is 54.6 Å². The van der Waals surface area contributed by atoms with Crippen LogP contribution in [0, 0.1) is 6.92 Å². The fourth-order valence-corrected chi connectivity index (χ4v) is 1.59. The van der Waals surface area contributed by atoms with Crippen molar-refractivity contribution in [2.45, 2.75) is 13.5 Å². The number of amides is 1. The fraction of sp³-hybridized carbons (Fsp3) is 0.133. The number of hydrazine groups is 1. The number of carbonyl (C=O) groups is 1. The van der Waals surface area contributed by atoms with Gasteiger partial charge < -0.3 is 0 Å². The molecule has 2 aromatic rings. The smallest absolute Gasteiger partial charge is 0.265 e. The second-order valence-electron chi connectivity index (χ2n) is 4.16. The lowest BCUT2D eigenvalue weighted by atomic mass is 10.1. The van der Waals surface area contributed by atoms with E-state index in [2.05, 4.69) is 23.0 Å². The molecular weight excluding hydrogens is 224 g/mol. The van der Waals surface area contributed by atoms with E-state index in [4.69, 9.17) is 0 Å². The molecule has 0 unspecified atom stereocenters. The van der Waals surface area contributed by atoms with Gasteiger partial charge in [-0.05, 0) is 24.6 Å². The molecule has 0 atom stereocenters. The number of carbonyl (C=O) groups excluding carboxylic acids is 1. The van der Waals surface area contributed by atoms with E-state index < -0.39 is 0 Å². The predicted molar refractivity (Wildman–Crippen MR) is 71.9 cm³/mol. The zero-order valence-electron chi connectivity index (χ0n) is 10.3. The van der Waals surface area contributed by atoms with Crippen LogP contribution in [0.2, 0.25) is 0 Å². The third kappa shape index (κ3) is 3.43. The largest absolute Gasteiger partial charge is 0.287 e. The summed E-state index contributed by atoms with van der Waals surface area (Å²) in [6, 6.07) is 17.3. The Morgan fingerprint density at radius 3 is 2.33 bits per heavy atom. The predicted octanol–water partition coefficient (Wildman–Crippen LogP) is 2.43. The van der Waals surface area contributed by atoms with Gasteiger partial charge in [-0.1, -0.05) is 48.0 Å². The van der Waals surface area contributed by atoms with E-state index in [0.29, 0.717) is 12.1 Å². The Balaban J connectivity index is 1.82. The summed E-state index contributed by atoms with van der Waals surface area (Å²) in [5, 5.41) is 0. The van der Waals surface area contributed by atoms with E-state index >= 15 is 0 Å². The maximum atomic E-state index is 11.7. The molecule has 2 rings (SSSR count). The summed E-state index contributed by atoms with van der Waals surface area (Å²) in [5.74, 6) is -0.122. The second kappa shape index (κ2) is 5.98. The van der Waals surface area contributed by atoms with Gasteiger partial charge in [0.1, 0.15) is 0 Å². The van der Waals surface area contributed by atoms with Crippen molar-refractivity contribution in [1.29, 1.82) is 0 Å². The Kier molecular flexibility index (Phi) is 4.10. The summed E-state index contributed by atoms with van der Waals surface area (Å²) in [6.07, 6.45) is 0. The summed E-state index contributed by atoms with van der Waals surface area (Å²) in [5.41, 5.74) is 8.60. The van der Waals surface area contributed by atoms with Gasteiger partial charge in [0.2, 0.25) is 0 Å². The average Bonchev–Trinajstić information content (AvgIpc) is 2.42. The molecule has 0 aliphatic carbocycles. The third-order valence-electron chi connectivity index (χ3n) is 2.65. The van der Waals surface area contributed by atoms with Crippen LogP contribution in [-0.2, 0) is 6.54 Å². The first-order valence-electron chi connectivity index (χ1n) is 5.89. The van der Waals surface area contributed by atoms with Crippen molar-refractivity contribution >= 4 is 5.91 Å². The minimum Gasteiger partial charge on any atom is -0.287 e. The Hall–Kier alpha value is -2.13. The first kappa shape index (κ1) is 12.3. The van der Waals surface area contributed by atoms with Crippen LogP contribution < -0.4 is 10.9 Å². The molecule has 92 valence electrons. The van der Waals surface area contributed by atoms with Gasteiger partial charge in [-0.2, -0.15) is 0 Å². The van der Waals surface area contributed by atoms with Gasteiger partial charge in [-0.15, -0.1) is 0 Å². The molecule has 0 aliphatic rings. The van der Waals surface area contributed by atoms with E-state index in [1.807, 2.05) is 37.3 Å². The van der Waals surface area contributed by atoms with Gasteiger partial charge in [0, 0.05) is 12.1 Å². The molecule has 0 aliphatic heterocycles. The van der Waals surface area contributed by atoms with Gasteiger partial charge in [-0.3, -0.25) is 10.2 Å². The van der Waals surface area contributed by atoms with Crippen molar-refractivity contribution in [3.05, 3.63) is 71.3 Å². The molecule has 2 aromatic carbocycles. The molecule has 0 spiro atoms. The summed E-state index contributed by atoms with van der Waals surface area (Å²) >= 11 is 0. The first-order valence-corrected chi connectivity index (χ1v) is 5.89. The Bertz CT molecular complexity index is 506.